The first kappa shape index (κ1) is 14.7. The third-order valence-corrected chi connectivity index (χ3v) is 3.96. The highest BCUT2D eigenvalue weighted by atomic mass is 79.9. The molecule has 19 heavy (non-hydrogen) atoms. The van der Waals surface area contributed by atoms with Crippen LogP contribution < -0.4 is 10.5 Å². The molecule has 0 bridgehead atoms. The van der Waals surface area contributed by atoms with Crippen molar-refractivity contribution in [1.82, 2.24) is 0 Å². The molecule has 0 amide bonds. The molecule has 0 aliphatic rings. The highest BCUT2D eigenvalue weighted by Gasteiger charge is 2.14. The van der Waals surface area contributed by atoms with Gasteiger partial charge in [0.2, 0.25) is 0 Å². The maximum atomic E-state index is 6.24. The molecule has 5 heteroatoms. The van der Waals surface area contributed by atoms with E-state index in [4.69, 9.17) is 33.7 Å². The van der Waals surface area contributed by atoms with Crippen LogP contribution in [0.1, 0.15) is 17.2 Å². The van der Waals surface area contributed by atoms with Gasteiger partial charge in [-0.1, -0.05) is 51.3 Å². The van der Waals surface area contributed by atoms with Gasteiger partial charge in [-0.25, -0.2) is 0 Å². The van der Waals surface area contributed by atoms with Crippen LogP contribution in [0.4, 0.5) is 0 Å². The van der Waals surface area contributed by atoms with E-state index in [0.717, 1.165) is 15.6 Å². The van der Waals surface area contributed by atoms with Gasteiger partial charge in [0.25, 0.3) is 0 Å². The number of hydrogen-bond acceptors (Lipinski definition) is 2. The molecule has 2 aromatic rings. The first-order chi connectivity index (χ1) is 9.02. The molecule has 0 heterocycles. The Kier molecular flexibility index (Phi) is 4.74. The van der Waals surface area contributed by atoms with Crippen molar-refractivity contribution in [2.24, 2.45) is 5.73 Å². The second-order valence-corrected chi connectivity index (χ2v) is 5.77. The molecule has 1 atom stereocenters. The average Bonchev–Trinajstić information content (AvgIpc) is 2.38. The minimum Gasteiger partial charge on any atom is -0.495 e. The molecule has 0 aliphatic heterocycles. The van der Waals surface area contributed by atoms with Gasteiger partial charge < -0.3 is 10.5 Å². The molecule has 100 valence electrons. The van der Waals surface area contributed by atoms with E-state index in [0.29, 0.717) is 15.8 Å². The minimum absolute atomic E-state index is 0.327. The van der Waals surface area contributed by atoms with Crippen molar-refractivity contribution in [2.45, 2.75) is 6.04 Å². The van der Waals surface area contributed by atoms with Crippen LogP contribution in [0.15, 0.2) is 40.9 Å². The van der Waals surface area contributed by atoms with E-state index in [9.17, 15) is 0 Å². The van der Waals surface area contributed by atoms with Crippen LogP contribution in [0.25, 0.3) is 0 Å². The Morgan fingerprint density at radius 3 is 2.47 bits per heavy atom. The van der Waals surface area contributed by atoms with E-state index in [1.54, 1.807) is 13.2 Å². The summed E-state index contributed by atoms with van der Waals surface area (Å²) in [5.41, 5.74) is 7.99. The van der Waals surface area contributed by atoms with Crippen molar-refractivity contribution in [3.63, 3.8) is 0 Å². The second-order valence-electron chi connectivity index (χ2n) is 4.04. The van der Waals surface area contributed by atoms with E-state index in [1.165, 1.54) is 0 Å². The molecule has 0 saturated heterocycles. The van der Waals surface area contributed by atoms with Crippen LogP contribution >= 0.6 is 39.1 Å². The lowest BCUT2D eigenvalue weighted by molar-refractivity contribution is 0.414. The molecule has 2 aromatic carbocycles. The molecule has 0 aliphatic carbocycles. The minimum atomic E-state index is -0.327. The number of rotatable bonds is 3. The maximum absolute atomic E-state index is 6.24. The van der Waals surface area contributed by atoms with E-state index in [2.05, 4.69) is 15.9 Å². The molecular weight excluding hydrogens is 349 g/mol. The summed E-state index contributed by atoms with van der Waals surface area (Å²) in [4.78, 5) is 0. The number of ether oxygens (including phenoxy) is 1. The van der Waals surface area contributed by atoms with Gasteiger partial charge in [-0.2, -0.15) is 0 Å². The van der Waals surface area contributed by atoms with Crippen LogP contribution in [0.2, 0.25) is 10.0 Å². The molecule has 2 N–H and O–H groups in total. The third kappa shape index (κ3) is 3.23. The summed E-state index contributed by atoms with van der Waals surface area (Å²) in [5, 5.41) is 1.18. The zero-order valence-corrected chi connectivity index (χ0v) is 13.3. The Balaban J connectivity index is 2.40. The largest absolute Gasteiger partial charge is 0.495 e. The molecule has 0 spiro atoms. The summed E-state index contributed by atoms with van der Waals surface area (Å²) in [6.07, 6.45) is 0. The van der Waals surface area contributed by atoms with Gasteiger partial charge in [-0.05, 0) is 35.4 Å². The lowest BCUT2D eigenvalue weighted by atomic mass is 9.99. The van der Waals surface area contributed by atoms with Gasteiger partial charge >= 0.3 is 0 Å². The lowest BCUT2D eigenvalue weighted by Gasteiger charge is -2.16. The first-order valence-electron chi connectivity index (χ1n) is 5.57. The van der Waals surface area contributed by atoms with Crippen molar-refractivity contribution in [2.75, 3.05) is 7.11 Å². The number of halogens is 3. The molecule has 0 radical (unpaired) electrons. The summed E-state index contributed by atoms with van der Waals surface area (Å²) in [7, 11) is 1.57. The van der Waals surface area contributed by atoms with Crippen molar-refractivity contribution >= 4 is 39.1 Å². The number of methoxy groups -OCH3 is 1. The lowest BCUT2D eigenvalue weighted by Crippen LogP contribution is -2.12. The Labute approximate surface area is 130 Å². The fraction of sp³-hybridized carbons (Fsp3) is 0.143. The molecule has 0 aromatic heterocycles. The van der Waals surface area contributed by atoms with E-state index in [1.807, 2.05) is 30.3 Å². The van der Waals surface area contributed by atoms with Crippen molar-refractivity contribution in [1.29, 1.82) is 0 Å². The van der Waals surface area contributed by atoms with Crippen LogP contribution in [0, 0.1) is 0 Å². The van der Waals surface area contributed by atoms with Gasteiger partial charge in [-0.15, -0.1) is 0 Å². The summed E-state index contributed by atoms with van der Waals surface area (Å²) < 4.78 is 6.11. The highest BCUT2D eigenvalue weighted by molar-refractivity contribution is 9.10. The number of benzene rings is 2. The van der Waals surface area contributed by atoms with Crippen LogP contribution in [-0.2, 0) is 0 Å². The molecular formula is C14H12BrCl2NO. The van der Waals surface area contributed by atoms with E-state index >= 15 is 0 Å². The predicted octanol–water partition coefficient (Wildman–Crippen LogP) is 4.81. The second kappa shape index (κ2) is 6.14. The van der Waals surface area contributed by atoms with Gasteiger partial charge in [0.1, 0.15) is 5.75 Å². The van der Waals surface area contributed by atoms with Crippen molar-refractivity contribution in [3.8, 4) is 5.75 Å². The third-order valence-electron chi connectivity index (χ3n) is 2.83. The number of nitrogens with two attached hydrogens (primary N) is 1. The Morgan fingerprint density at radius 2 is 1.84 bits per heavy atom. The normalized spacial score (nSPS) is 12.3. The first-order valence-corrected chi connectivity index (χ1v) is 7.11. The Bertz CT molecular complexity index is 604. The molecule has 0 saturated carbocycles. The maximum Gasteiger partial charge on any atom is 0.137 e. The van der Waals surface area contributed by atoms with Gasteiger partial charge in [-0.3, -0.25) is 0 Å². The quantitative estimate of drug-likeness (QED) is 0.852. The summed E-state index contributed by atoms with van der Waals surface area (Å²) in [6.45, 7) is 0. The average molecular weight is 361 g/mol. The fourth-order valence-electron chi connectivity index (χ4n) is 1.80. The monoisotopic (exact) mass is 359 g/mol. The zero-order valence-electron chi connectivity index (χ0n) is 10.2. The van der Waals surface area contributed by atoms with Crippen LogP contribution in [0.3, 0.4) is 0 Å². The Hall–Kier alpha value is -0.740. The SMILES string of the molecule is COc1cc(C(N)c2ccc(Br)cc2Cl)ccc1Cl. The zero-order chi connectivity index (χ0) is 14.0. The topological polar surface area (TPSA) is 35.2 Å². The van der Waals surface area contributed by atoms with Gasteiger partial charge in [0.05, 0.1) is 18.2 Å². The van der Waals surface area contributed by atoms with Gasteiger partial charge in [0.15, 0.2) is 0 Å². The Morgan fingerprint density at radius 1 is 1.11 bits per heavy atom. The van der Waals surface area contributed by atoms with Crippen LogP contribution in [0.5, 0.6) is 5.75 Å². The molecule has 2 rings (SSSR count). The highest BCUT2D eigenvalue weighted by Crippen LogP contribution is 2.32. The van der Waals surface area contributed by atoms with E-state index in [-0.39, 0.29) is 6.04 Å². The number of hydrogen-bond donors (Lipinski definition) is 1. The molecule has 2 nitrogen and oxygen atoms in total. The molecule has 0 fully saturated rings. The van der Waals surface area contributed by atoms with Gasteiger partial charge in [0, 0.05) is 9.50 Å². The van der Waals surface area contributed by atoms with Crippen molar-refractivity contribution < 1.29 is 4.74 Å². The van der Waals surface area contributed by atoms with Crippen LogP contribution in [-0.4, -0.2) is 7.11 Å². The smallest absolute Gasteiger partial charge is 0.137 e. The summed E-state index contributed by atoms with van der Waals surface area (Å²) in [5.74, 6) is 0.600. The summed E-state index contributed by atoms with van der Waals surface area (Å²) in [6, 6.07) is 10.8. The van der Waals surface area contributed by atoms with E-state index < -0.39 is 0 Å². The van der Waals surface area contributed by atoms with Crippen molar-refractivity contribution in [3.05, 3.63) is 62.0 Å². The fourth-order valence-corrected chi connectivity index (χ4v) is 2.79. The summed E-state index contributed by atoms with van der Waals surface area (Å²) >= 11 is 15.6. The molecule has 1 unspecified atom stereocenters. The standard InChI is InChI=1S/C14H12BrCl2NO/c1-19-13-6-8(2-5-11(13)16)14(18)10-4-3-9(15)7-12(10)17/h2-7,14H,18H2,1H3. The predicted molar refractivity (Wildman–Crippen MR) is 83.2 cm³/mol.